The van der Waals surface area contributed by atoms with Crippen LogP contribution >= 0.6 is 0 Å². The van der Waals surface area contributed by atoms with Gasteiger partial charge in [0, 0.05) is 10.8 Å². The van der Waals surface area contributed by atoms with Gasteiger partial charge in [-0.25, -0.2) is 0 Å². The number of carbonyl (C=O) groups excluding carboxylic acids is 2. The molecule has 0 radical (unpaired) electrons. The van der Waals surface area contributed by atoms with E-state index in [1.807, 2.05) is 0 Å². The second-order valence-corrected chi connectivity index (χ2v) is 12.2. The van der Waals surface area contributed by atoms with E-state index in [4.69, 9.17) is 8.92 Å². The molecule has 192 valence electrons. The molecule has 2 aliphatic rings. The Kier molecular flexibility index (Phi) is 7.87. The van der Waals surface area contributed by atoms with Crippen LogP contribution in [-0.2, 0) is 28.6 Å². The number of hydrogen-bond donors (Lipinski definition) is 0. The first kappa shape index (κ1) is 28.1. The average Bonchev–Trinajstić information content (AvgIpc) is 3.01. The Hall–Kier alpha value is -2.10. The molecule has 0 saturated heterocycles. The molecule has 0 bridgehead atoms. The van der Waals surface area contributed by atoms with Gasteiger partial charge in [-0.05, 0) is 70.1 Å². The Bertz CT molecular complexity index is 996. The molecule has 0 saturated carbocycles. The highest BCUT2D eigenvalue weighted by Crippen LogP contribution is 2.52. The molecule has 34 heavy (non-hydrogen) atoms. The van der Waals surface area contributed by atoms with E-state index < -0.39 is 37.8 Å². The van der Waals surface area contributed by atoms with E-state index in [9.17, 15) is 31.2 Å². The fraction of sp³-hybridized carbons (Fsp3) is 0.667. The molecule has 0 aromatic rings. The predicted octanol–water partition coefficient (Wildman–Crippen LogP) is 5.61. The molecule has 6 nitrogen and oxygen atoms in total. The lowest BCUT2D eigenvalue weighted by Gasteiger charge is -2.35. The highest BCUT2D eigenvalue weighted by molar-refractivity contribution is 7.87. The van der Waals surface area contributed by atoms with E-state index >= 15 is 0 Å². The average molecular weight is 507 g/mol. The van der Waals surface area contributed by atoms with Gasteiger partial charge in [-0.1, -0.05) is 32.9 Å². The van der Waals surface area contributed by atoms with Crippen LogP contribution in [0, 0.1) is 22.2 Å². The Morgan fingerprint density at radius 1 is 1.12 bits per heavy atom. The van der Waals surface area contributed by atoms with E-state index in [0.29, 0.717) is 24.8 Å². The van der Waals surface area contributed by atoms with Crippen molar-refractivity contribution in [3.63, 3.8) is 0 Å². The van der Waals surface area contributed by atoms with Gasteiger partial charge in [-0.15, -0.1) is 0 Å². The van der Waals surface area contributed by atoms with E-state index in [2.05, 4.69) is 0 Å². The van der Waals surface area contributed by atoms with Gasteiger partial charge < -0.3 is 8.92 Å². The van der Waals surface area contributed by atoms with Gasteiger partial charge in [0.15, 0.2) is 5.78 Å². The zero-order chi connectivity index (χ0) is 26.2. The fourth-order valence-electron chi connectivity index (χ4n) is 3.99. The molecular formula is C24H33F3O6S. The molecule has 0 N–H and O–H groups in total. The molecule has 0 spiro atoms. The molecule has 0 heterocycles. The number of ether oxygens (including phenoxy) is 1. The number of allylic oxidation sites excluding steroid dienone is 4. The summed E-state index contributed by atoms with van der Waals surface area (Å²) in [5.74, 6) is -1.03. The monoisotopic (exact) mass is 506 g/mol. The van der Waals surface area contributed by atoms with Crippen molar-refractivity contribution in [3.05, 3.63) is 35.6 Å². The predicted molar refractivity (Wildman–Crippen MR) is 121 cm³/mol. The summed E-state index contributed by atoms with van der Waals surface area (Å²) in [6.07, 6.45) is 7.35. The zero-order valence-electron chi connectivity index (χ0n) is 20.4. The summed E-state index contributed by atoms with van der Waals surface area (Å²) in [4.78, 5) is 24.0. The molecule has 0 aliphatic heterocycles. The Balaban J connectivity index is 2.34. The van der Waals surface area contributed by atoms with Crippen LogP contribution in [0.4, 0.5) is 13.2 Å². The van der Waals surface area contributed by atoms with Crippen molar-refractivity contribution in [2.75, 3.05) is 6.61 Å². The lowest BCUT2D eigenvalue weighted by atomic mass is 9.73. The zero-order valence-corrected chi connectivity index (χ0v) is 21.2. The van der Waals surface area contributed by atoms with Crippen LogP contribution in [0.2, 0.25) is 0 Å². The molecule has 2 rings (SSSR count). The normalized spacial score (nSPS) is 23.1. The summed E-state index contributed by atoms with van der Waals surface area (Å²) >= 11 is 0. The van der Waals surface area contributed by atoms with Crippen molar-refractivity contribution in [1.29, 1.82) is 0 Å². The Morgan fingerprint density at radius 3 is 2.15 bits per heavy atom. The molecule has 0 aromatic heterocycles. The number of ketones is 1. The van der Waals surface area contributed by atoms with Crippen molar-refractivity contribution < 1.29 is 40.1 Å². The molecule has 0 unspecified atom stereocenters. The summed E-state index contributed by atoms with van der Waals surface area (Å²) in [6.45, 7) is 10.3. The first-order valence-corrected chi connectivity index (χ1v) is 12.6. The van der Waals surface area contributed by atoms with Crippen molar-refractivity contribution in [3.8, 4) is 0 Å². The highest BCUT2D eigenvalue weighted by Gasteiger charge is 2.52. The topological polar surface area (TPSA) is 86.7 Å². The maximum Gasteiger partial charge on any atom is 0.534 e. The molecule has 0 aromatic carbocycles. The SMILES string of the molecule is CC(C)C1=C(OS(=O)(=O)C(F)(F)F)[C@](C)(CCC2(COC(=O)C(C)(C)C)C=CC(=O)C=C2)CC1. The molecular weight excluding hydrogens is 473 g/mol. The van der Waals surface area contributed by atoms with Crippen LogP contribution in [0.25, 0.3) is 0 Å². The van der Waals surface area contributed by atoms with Crippen molar-refractivity contribution >= 4 is 21.9 Å². The number of carbonyl (C=O) groups is 2. The van der Waals surface area contributed by atoms with Crippen LogP contribution in [-0.4, -0.2) is 32.3 Å². The van der Waals surface area contributed by atoms with E-state index in [-0.39, 0.29) is 30.5 Å². The maximum absolute atomic E-state index is 13.1. The molecule has 0 amide bonds. The summed E-state index contributed by atoms with van der Waals surface area (Å²) in [5.41, 5.74) is -7.58. The van der Waals surface area contributed by atoms with Gasteiger partial charge in [0.25, 0.3) is 0 Å². The first-order valence-electron chi connectivity index (χ1n) is 11.2. The van der Waals surface area contributed by atoms with Gasteiger partial charge in [-0.3, -0.25) is 9.59 Å². The van der Waals surface area contributed by atoms with Crippen LogP contribution in [0.5, 0.6) is 0 Å². The summed E-state index contributed by atoms with van der Waals surface area (Å²) < 4.78 is 73.2. The van der Waals surface area contributed by atoms with E-state index in [0.717, 1.165) is 0 Å². The van der Waals surface area contributed by atoms with Gasteiger partial charge in [0.1, 0.15) is 12.4 Å². The lowest BCUT2D eigenvalue weighted by Crippen LogP contribution is -2.33. The van der Waals surface area contributed by atoms with Gasteiger partial charge in [0.2, 0.25) is 0 Å². The van der Waals surface area contributed by atoms with Gasteiger partial charge >= 0.3 is 21.6 Å². The van der Waals surface area contributed by atoms with Gasteiger partial charge in [-0.2, -0.15) is 21.6 Å². The molecule has 2 aliphatic carbocycles. The van der Waals surface area contributed by atoms with Crippen molar-refractivity contribution in [2.45, 2.75) is 72.7 Å². The number of halogens is 3. The molecule has 10 heteroatoms. The van der Waals surface area contributed by atoms with Crippen LogP contribution < -0.4 is 0 Å². The second-order valence-electron chi connectivity index (χ2n) is 10.7. The summed E-state index contributed by atoms with van der Waals surface area (Å²) in [5, 5.41) is 0. The highest BCUT2D eigenvalue weighted by atomic mass is 32.2. The van der Waals surface area contributed by atoms with Crippen molar-refractivity contribution in [1.82, 2.24) is 0 Å². The van der Waals surface area contributed by atoms with Crippen LogP contribution in [0.3, 0.4) is 0 Å². The minimum atomic E-state index is -5.82. The number of hydrogen-bond acceptors (Lipinski definition) is 6. The maximum atomic E-state index is 13.1. The van der Waals surface area contributed by atoms with Crippen molar-refractivity contribution in [2.24, 2.45) is 22.2 Å². The van der Waals surface area contributed by atoms with Gasteiger partial charge in [0.05, 0.1) is 5.41 Å². The number of alkyl halides is 3. The fourth-order valence-corrected chi connectivity index (χ4v) is 4.62. The molecule has 1 atom stereocenters. The summed E-state index contributed by atoms with van der Waals surface area (Å²) in [6, 6.07) is 0. The smallest absolute Gasteiger partial charge is 0.464 e. The first-order chi connectivity index (χ1) is 15.3. The Labute approximate surface area is 199 Å². The summed E-state index contributed by atoms with van der Waals surface area (Å²) in [7, 11) is -5.82. The quantitative estimate of drug-likeness (QED) is 0.242. The Morgan fingerprint density at radius 2 is 1.68 bits per heavy atom. The van der Waals surface area contributed by atoms with E-state index in [1.54, 1.807) is 53.7 Å². The second kappa shape index (κ2) is 9.51. The van der Waals surface area contributed by atoms with Crippen LogP contribution in [0.1, 0.15) is 67.2 Å². The number of esters is 1. The largest absolute Gasteiger partial charge is 0.534 e. The number of rotatable bonds is 8. The minimum absolute atomic E-state index is 0.0583. The third-order valence-electron chi connectivity index (χ3n) is 6.35. The third-order valence-corrected chi connectivity index (χ3v) is 7.30. The third kappa shape index (κ3) is 6.31. The molecule has 0 fully saturated rings. The van der Waals surface area contributed by atoms with E-state index in [1.165, 1.54) is 12.2 Å². The lowest BCUT2D eigenvalue weighted by molar-refractivity contribution is -0.155. The minimum Gasteiger partial charge on any atom is -0.464 e. The standard InChI is InChI=1S/C24H33F3O6S/c1-16(2)18-9-10-22(6,19(18)33-34(30,31)24(25,26)27)13-14-23(11-7-17(28)8-12-23)15-32-20(29)21(3,4)5/h7-8,11-12,16H,9-10,13-15H2,1-6H3/t22-/m0/s1. The van der Waals surface area contributed by atoms with Crippen LogP contribution in [0.15, 0.2) is 35.6 Å².